The summed E-state index contributed by atoms with van der Waals surface area (Å²) in [5, 5.41) is 0. The Morgan fingerprint density at radius 2 is 1.57 bits per heavy atom. The van der Waals surface area contributed by atoms with Gasteiger partial charge in [-0.3, -0.25) is 4.79 Å². The molecule has 1 heterocycles. The van der Waals surface area contributed by atoms with Crippen molar-refractivity contribution < 1.29 is 9.53 Å². The van der Waals surface area contributed by atoms with E-state index in [1.54, 1.807) is 7.11 Å². The Hall–Kier alpha value is -2.01. The Morgan fingerprint density at radius 3 is 2.13 bits per heavy atom. The fourth-order valence-electron chi connectivity index (χ4n) is 2.74. The molecule has 0 saturated carbocycles. The minimum absolute atomic E-state index is 0.104. The van der Waals surface area contributed by atoms with Crippen molar-refractivity contribution in [1.82, 2.24) is 4.90 Å². The summed E-state index contributed by atoms with van der Waals surface area (Å²) in [6.07, 6.45) is 0. The van der Waals surface area contributed by atoms with Crippen molar-refractivity contribution in [1.29, 1.82) is 0 Å². The lowest BCUT2D eigenvalue weighted by Crippen LogP contribution is -2.48. The van der Waals surface area contributed by atoms with E-state index in [1.165, 1.54) is 5.69 Å². The third-order valence-corrected chi connectivity index (χ3v) is 4.62. The lowest BCUT2D eigenvalue weighted by Gasteiger charge is -2.36. The third kappa shape index (κ3) is 3.67. The molecular formula is C18H19BrN2O2. The molecule has 3 rings (SSSR count). The number of anilines is 1. The molecule has 2 aromatic rings. The Labute approximate surface area is 144 Å². The van der Waals surface area contributed by atoms with E-state index in [0.29, 0.717) is 0 Å². The summed E-state index contributed by atoms with van der Waals surface area (Å²) >= 11 is 3.39. The van der Waals surface area contributed by atoms with Crippen LogP contribution in [0.1, 0.15) is 10.4 Å². The van der Waals surface area contributed by atoms with E-state index in [-0.39, 0.29) is 5.91 Å². The number of halogens is 1. The summed E-state index contributed by atoms with van der Waals surface area (Å²) in [6, 6.07) is 15.6. The molecule has 0 aromatic heterocycles. The molecule has 0 spiro atoms. The zero-order valence-corrected chi connectivity index (χ0v) is 14.6. The van der Waals surface area contributed by atoms with E-state index in [9.17, 15) is 4.79 Å². The average Bonchev–Trinajstić information content (AvgIpc) is 2.62. The number of rotatable bonds is 3. The van der Waals surface area contributed by atoms with E-state index >= 15 is 0 Å². The van der Waals surface area contributed by atoms with E-state index in [4.69, 9.17) is 4.74 Å². The summed E-state index contributed by atoms with van der Waals surface area (Å²) < 4.78 is 6.17. The Balaban J connectivity index is 1.61. The lowest BCUT2D eigenvalue weighted by molar-refractivity contribution is 0.0747. The van der Waals surface area contributed by atoms with Crippen molar-refractivity contribution in [3.63, 3.8) is 0 Å². The van der Waals surface area contributed by atoms with Gasteiger partial charge in [0.15, 0.2) is 0 Å². The monoisotopic (exact) mass is 374 g/mol. The van der Waals surface area contributed by atoms with Gasteiger partial charge < -0.3 is 14.5 Å². The molecular weight excluding hydrogens is 356 g/mol. The molecule has 4 nitrogen and oxygen atoms in total. The van der Waals surface area contributed by atoms with Gasteiger partial charge in [-0.25, -0.2) is 0 Å². The van der Waals surface area contributed by atoms with E-state index in [1.807, 2.05) is 41.3 Å². The van der Waals surface area contributed by atoms with Crippen LogP contribution >= 0.6 is 15.9 Å². The first-order valence-corrected chi connectivity index (χ1v) is 8.40. The minimum Gasteiger partial charge on any atom is -0.497 e. The molecule has 1 fully saturated rings. The molecule has 5 heteroatoms. The number of amides is 1. The van der Waals surface area contributed by atoms with Gasteiger partial charge in [0.2, 0.25) is 0 Å². The summed E-state index contributed by atoms with van der Waals surface area (Å²) in [4.78, 5) is 16.7. The van der Waals surface area contributed by atoms with Crippen LogP contribution in [0.25, 0.3) is 0 Å². The van der Waals surface area contributed by atoms with Crippen LogP contribution in [0.4, 0.5) is 5.69 Å². The maximum Gasteiger partial charge on any atom is 0.253 e. The number of carbonyl (C=O) groups is 1. The van der Waals surface area contributed by atoms with Gasteiger partial charge in [-0.15, -0.1) is 0 Å². The van der Waals surface area contributed by atoms with E-state index in [0.717, 1.165) is 42.0 Å². The van der Waals surface area contributed by atoms with Crippen LogP contribution < -0.4 is 9.64 Å². The number of hydrogen-bond acceptors (Lipinski definition) is 3. The van der Waals surface area contributed by atoms with Gasteiger partial charge in [-0.1, -0.05) is 15.9 Å². The largest absolute Gasteiger partial charge is 0.497 e. The van der Waals surface area contributed by atoms with Crippen molar-refractivity contribution in [2.75, 3.05) is 38.2 Å². The van der Waals surface area contributed by atoms with Crippen LogP contribution in [0.2, 0.25) is 0 Å². The molecule has 0 radical (unpaired) electrons. The second-order valence-corrected chi connectivity index (χ2v) is 6.40. The predicted octanol–water partition coefficient (Wildman–Crippen LogP) is 3.42. The maximum absolute atomic E-state index is 12.5. The highest BCUT2D eigenvalue weighted by Crippen LogP contribution is 2.21. The summed E-state index contributed by atoms with van der Waals surface area (Å²) in [7, 11) is 1.67. The third-order valence-electron chi connectivity index (χ3n) is 4.10. The quantitative estimate of drug-likeness (QED) is 0.824. The number of ether oxygens (including phenoxy) is 1. The number of piperazine rings is 1. The SMILES string of the molecule is COc1ccc(N2CCN(C(=O)c3ccc(Br)cc3)CC2)cc1. The molecule has 1 aliphatic rings. The topological polar surface area (TPSA) is 32.8 Å². The first-order chi connectivity index (χ1) is 11.2. The Bertz CT molecular complexity index is 662. The van der Waals surface area contributed by atoms with Gasteiger partial charge in [0.05, 0.1) is 7.11 Å². The highest BCUT2D eigenvalue weighted by molar-refractivity contribution is 9.10. The zero-order chi connectivity index (χ0) is 16.2. The predicted molar refractivity (Wildman–Crippen MR) is 95.3 cm³/mol. The van der Waals surface area contributed by atoms with Crippen LogP contribution in [0, 0.1) is 0 Å². The summed E-state index contributed by atoms with van der Waals surface area (Å²) in [5.74, 6) is 0.963. The molecule has 120 valence electrons. The van der Waals surface area contributed by atoms with Crippen molar-refractivity contribution in [3.8, 4) is 5.75 Å². The molecule has 1 amide bonds. The van der Waals surface area contributed by atoms with Gasteiger partial charge >= 0.3 is 0 Å². The van der Waals surface area contributed by atoms with Crippen molar-refractivity contribution >= 4 is 27.5 Å². The number of methoxy groups -OCH3 is 1. The van der Waals surface area contributed by atoms with Gasteiger partial charge in [0, 0.05) is 41.9 Å². The molecule has 0 atom stereocenters. The van der Waals surface area contributed by atoms with Crippen LogP contribution in [-0.2, 0) is 0 Å². The van der Waals surface area contributed by atoms with Gasteiger partial charge in [-0.05, 0) is 48.5 Å². The van der Waals surface area contributed by atoms with Crippen LogP contribution in [-0.4, -0.2) is 44.1 Å². The Morgan fingerprint density at radius 1 is 0.957 bits per heavy atom. The second kappa shape index (κ2) is 7.04. The highest BCUT2D eigenvalue weighted by atomic mass is 79.9. The molecule has 0 bridgehead atoms. The van der Waals surface area contributed by atoms with Crippen LogP contribution in [0.15, 0.2) is 53.0 Å². The average molecular weight is 375 g/mol. The zero-order valence-electron chi connectivity index (χ0n) is 13.0. The van der Waals surface area contributed by atoms with Gasteiger partial charge in [0.25, 0.3) is 5.91 Å². The molecule has 0 unspecified atom stereocenters. The van der Waals surface area contributed by atoms with E-state index in [2.05, 4.69) is 33.0 Å². The number of hydrogen-bond donors (Lipinski definition) is 0. The highest BCUT2D eigenvalue weighted by Gasteiger charge is 2.22. The number of nitrogens with zero attached hydrogens (tertiary/aromatic N) is 2. The second-order valence-electron chi connectivity index (χ2n) is 5.48. The van der Waals surface area contributed by atoms with Gasteiger partial charge in [-0.2, -0.15) is 0 Å². The molecule has 0 aliphatic carbocycles. The standard InChI is InChI=1S/C18H19BrN2O2/c1-23-17-8-6-16(7-9-17)20-10-12-21(13-11-20)18(22)14-2-4-15(19)5-3-14/h2-9H,10-13H2,1H3. The summed E-state index contributed by atoms with van der Waals surface area (Å²) in [6.45, 7) is 3.16. The number of carbonyl (C=O) groups excluding carboxylic acids is 1. The smallest absolute Gasteiger partial charge is 0.253 e. The normalized spacial score (nSPS) is 14.7. The molecule has 0 N–H and O–H groups in total. The lowest BCUT2D eigenvalue weighted by atomic mass is 10.1. The first-order valence-electron chi connectivity index (χ1n) is 7.61. The fourth-order valence-corrected chi connectivity index (χ4v) is 3.00. The Kier molecular flexibility index (Phi) is 4.86. The minimum atomic E-state index is 0.104. The molecule has 1 aliphatic heterocycles. The van der Waals surface area contributed by atoms with Crippen LogP contribution in [0.3, 0.4) is 0 Å². The number of benzene rings is 2. The first kappa shape index (κ1) is 15.9. The summed E-state index contributed by atoms with van der Waals surface area (Å²) in [5.41, 5.74) is 1.91. The van der Waals surface area contributed by atoms with Crippen molar-refractivity contribution in [2.24, 2.45) is 0 Å². The molecule has 2 aromatic carbocycles. The molecule has 1 saturated heterocycles. The van der Waals surface area contributed by atoms with Crippen LogP contribution in [0.5, 0.6) is 5.75 Å². The fraction of sp³-hybridized carbons (Fsp3) is 0.278. The maximum atomic E-state index is 12.5. The van der Waals surface area contributed by atoms with Crippen molar-refractivity contribution in [2.45, 2.75) is 0 Å². The van der Waals surface area contributed by atoms with Crippen molar-refractivity contribution in [3.05, 3.63) is 58.6 Å². The van der Waals surface area contributed by atoms with E-state index < -0.39 is 0 Å². The molecule has 23 heavy (non-hydrogen) atoms. The van der Waals surface area contributed by atoms with Gasteiger partial charge in [0.1, 0.15) is 5.75 Å².